The fourth-order valence-electron chi connectivity index (χ4n) is 2.61. The molecule has 134 valence electrons. The summed E-state index contributed by atoms with van der Waals surface area (Å²) in [6.45, 7) is 4.27. The molecule has 0 aliphatic heterocycles. The van der Waals surface area contributed by atoms with Crippen LogP contribution in [0.15, 0.2) is 48.5 Å². The van der Waals surface area contributed by atoms with E-state index < -0.39 is 0 Å². The van der Waals surface area contributed by atoms with Crippen molar-refractivity contribution in [1.82, 2.24) is 5.32 Å². The van der Waals surface area contributed by atoms with Crippen molar-refractivity contribution in [3.8, 4) is 11.5 Å². The van der Waals surface area contributed by atoms with Gasteiger partial charge in [0.1, 0.15) is 11.5 Å². The Bertz CT molecular complexity index is 684. The molecule has 0 bridgehead atoms. The third kappa shape index (κ3) is 5.71. The standard InChI is InChI=1S/C20H26N2O3/c1-14(2)12-19(15-8-10-17(24-3)11-9-15)22-20(23)21-16-6-5-7-18(13-16)25-4/h5-11,13-14,19H,12H2,1-4H3,(H2,21,22,23). The maximum atomic E-state index is 12.4. The number of carbonyl (C=O) groups excluding carboxylic acids is 1. The molecule has 0 radical (unpaired) electrons. The molecule has 0 saturated carbocycles. The topological polar surface area (TPSA) is 59.6 Å². The first-order valence-electron chi connectivity index (χ1n) is 8.37. The van der Waals surface area contributed by atoms with Crippen LogP contribution >= 0.6 is 0 Å². The third-order valence-corrected chi connectivity index (χ3v) is 3.86. The zero-order valence-electron chi connectivity index (χ0n) is 15.2. The van der Waals surface area contributed by atoms with Gasteiger partial charge in [-0.25, -0.2) is 4.79 Å². The van der Waals surface area contributed by atoms with E-state index in [1.54, 1.807) is 20.3 Å². The molecule has 1 atom stereocenters. The van der Waals surface area contributed by atoms with E-state index >= 15 is 0 Å². The molecule has 1 unspecified atom stereocenters. The lowest BCUT2D eigenvalue weighted by Crippen LogP contribution is -2.33. The molecule has 0 aliphatic rings. The molecule has 0 saturated heterocycles. The Morgan fingerprint density at radius 3 is 2.28 bits per heavy atom. The van der Waals surface area contributed by atoms with Gasteiger partial charge in [0, 0.05) is 11.8 Å². The largest absolute Gasteiger partial charge is 0.497 e. The summed E-state index contributed by atoms with van der Waals surface area (Å²) in [7, 11) is 3.24. The molecule has 2 amide bonds. The number of anilines is 1. The van der Waals surface area contributed by atoms with Gasteiger partial charge in [-0.3, -0.25) is 0 Å². The maximum absolute atomic E-state index is 12.4. The number of nitrogens with one attached hydrogen (secondary N) is 2. The molecule has 2 rings (SSSR count). The van der Waals surface area contributed by atoms with Crippen molar-refractivity contribution < 1.29 is 14.3 Å². The van der Waals surface area contributed by atoms with Crippen LogP contribution in [0.2, 0.25) is 0 Å². The number of hydrogen-bond donors (Lipinski definition) is 2. The summed E-state index contributed by atoms with van der Waals surface area (Å²) in [6.07, 6.45) is 0.845. The molecule has 0 aliphatic carbocycles. The van der Waals surface area contributed by atoms with Gasteiger partial charge in [0.15, 0.2) is 0 Å². The molecule has 0 aromatic heterocycles. The predicted molar refractivity (Wildman–Crippen MR) is 100 cm³/mol. The Kier molecular flexibility index (Phi) is 6.69. The summed E-state index contributed by atoms with van der Waals surface area (Å²) in [6, 6.07) is 14.7. The van der Waals surface area contributed by atoms with Gasteiger partial charge < -0.3 is 20.1 Å². The van der Waals surface area contributed by atoms with Gasteiger partial charge in [0.25, 0.3) is 0 Å². The van der Waals surface area contributed by atoms with Crippen molar-refractivity contribution in [2.24, 2.45) is 5.92 Å². The quantitative estimate of drug-likeness (QED) is 0.772. The van der Waals surface area contributed by atoms with Gasteiger partial charge in [-0.15, -0.1) is 0 Å². The minimum atomic E-state index is -0.241. The van der Waals surface area contributed by atoms with E-state index in [0.717, 1.165) is 17.7 Å². The third-order valence-electron chi connectivity index (χ3n) is 3.86. The average molecular weight is 342 g/mol. The molecule has 0 fully saturated rings. The van der Waals surface area contributed by atoms with Crippen molar-refractivity contribution in [2.75, 3.05) is 19.5 Å². The summed E-state index contributed by atoms with van der Waals surface area (Å²) in [4.78, 5) is 12.4. The minimum Gasteiger partial charge on any atom is -0.497 e. The van der Waals surface area contributed by atoms with Crippen molar-refractivity contribution in [2.45, 2.75) is 26.3 Å². The number of benzene rings is 2. The first-order valence-corrected chi connectivity index (χ1v) is 8.37. The van der Waals surface area contributed by atoms with Crippen LogP contribution in [-0.4, -0.2) is 20.3 Å². The van der Waals surface area contributed by atoms with Crippen molar-refractivity contribution >= 4 is 11.7 Å². The minimum absolute atomic E-state index is 0.0727. The van der Waals surface area contributed by atoms with Crippen LogP contribution < -0.4 is 20.1 Å². The van der Waals surface area contributed by atoms with E-state index in [4.69, 9.17) is 9.47 Å². The smallest absolute Gasteiger partial charge is 0.319 e. The van der Waals surface area contributed by atoms with Gasteiger partial charge in [-0.2, -0.15) is 0 Å². The monoisotopic (exact) mass is 342 g/mol. The molecule has 25 heavy (non-hydrogen) atoms. The van der Waals surface area contributed by atoms with Gasteiger partial charge in [-0.05, 0) is 42.2 Å². The fourth-order valence-corrected chi connectivity index (χ4v) is 2.61. The molecule has 5 nitrogen and oxygen atoms in total. The lowest BCUT2D eigenvalue weighted by molar-refractivity contribution is 0.246. The second-order valence-electron chi connectivity index (χ2n) is 6.29. The number of carbonyl (C=O) groups is 1. The molecule has 0 spiro atoms. The average Bonchev–Trinajstić information content (AvgIpc) is 2.61. The first-order chi connectivity index (χ1) is 12.0. The molecule has 2 aromatic carbocycles. The number of ether oxygens (including phenoxy) is 2. The normalized spacial score (nSPS) is 11.7. The van der Waals surface area contributed by atoms with Gasteiger partial charge in [0.05, 0.1) is 20.3 Å². The van der Waals surface area contributed by atoms with Gasteiger partial charge in [-0.1, -0.05) is 32.0 Å². The van der Waals surface area contributed by atoms with Crippen molar-refractivity contribution in [3.63, 3.8) is 0 Å². The van der Waals surface area contributed by atoms with Gasteiger partial charge in [0.2, 0.25) is 0 Å². The highest BCUT2D eigenvalue weighted by Gasteiger charge is 2.16. The highest BCUT2D eigenvalue weighted by molar-refractivity contribution is 5.89. The van der Waals surface area contributed by atoms with E-state index in [1.165, 1.54) is 0 Å². The number of hydrogen-bond acceptors (Lipinski definition) is 3. The van der Waals surface area contributed by atoms with Gasteiger partial charge >= 0.3 is 6.03 Å². The van der Waals surface area contributed by atoms with Crippen LogP contribution in [0.25, 0.3) is 0 Å². The van der Waals surface area contributed by atoms with Crippen LogP contribution in [0.1, 0.15) is 31.9 Å². The predicted octanol–water partition coefficient (Wildman–Crippen LogP) is 4.61. The Hall–Kier alpha value is -2.69. The van der Waals surface area contributed by atoms with Crippen molar-refractivity contribution in [3.05, 3.63) is 54.1 Å². The molecular weight excluding hydrogens is 316 g/mol. The highest BCUT2D eigenvalue weighted by Crippen LogP contribution is 2.24. The van der Waals surface area contributed by atoms with Crippen LogP contribution in [0.5, 0.6) is 11.5 Å². The fraction of sp³-hybridized carbons (Fsp3) is 0.350. The Balaban J connectivity index is 2.08. The zero-order chi connectivity index (χ0) is 18.2. The Morgan fingerprint density at radius 2 is 1.68 bits per heavy atom. The van der Waals surface area contributed by atoms with E-state index in [-0.39, 0.29) is 12.1 Å². The summed E-state index contributed by atoms with van der Waals surface area (Å²) >= 11 is 0. The lowest BCUT2D eigenvalue weighted by Gasteiger charge is -2.22. The molecule has 5 heteroatoms. The maximum Gasteiger partial charge on any atom is 0.319 e. The van der Waals surface area contributed by atoms with Crippen LogP contribution in [-0.2, 0) is 0 Å². The van der Waals surface area contributed by atoms with Crippen molar-refractivity contribution in [1.29, 1.82) is 0 Å². The van der Waals surface area contributed by atoms with E-state index in [2.05, 4.69) is 24.5 Å². The number of amides is 2. The number of methoxy groups -OCH3 is 2. The first kappa shape index (κ1) is 18.6. The van der Waals surface area contributed by atoms with E-state index in [0.29, 0.717) is 17.4 Å². The SMILES string of the molecule is COc1ccc(C(CC(C)C)NC(=O)Nc2cccc(OC)c2)cc1. The van der Waals surface area contributed by atoms with Crippen LogP contribution in [0.4, 0.5) is 10.5 Å². The molecule has 2 N–H and O–H groups in total. The van der Waals surface area contributed by atoms with E-state index in [9.17, 15) is 4.79 Å². The molecular formula is C20H26N2O3. The zero-order valence-corrected chi connectivity index (χ0v) is 15.2. The Labute approximate surface area is 149 Å². The summed E-state index contributed by atoms with van der Waals surface area (Å²) in [5.74, 6) is 1.95. The summed E-state index contributed by atoms with van der Waals surface area (Å²) in [5, 5.41) is 5.91. The second-order valence-corrected chi connectivity index (χ2v) is 6.29. The highest BCUT2D eigenvalue weighted by atomic mass is 16.5. The van der Waals surface area contributed by atoms with E-state index in [1.807, 2.05) is 42.5 Å². The number of urea groups is 1. The molecule has 0 heterocycles. The lowest BCUT2D eigenvalue weighted by atomic mass is 9.97. The Morgan fingerprint density at radius 1 is 1.00 bits per heavy atom. The molecule has 2 aromatic rings. The van der Waals surface area contributed by atoms with Crippen LogP contribution in [0.3, 0.4) is 0 Å². The number of rotatable bonds is 7. The second kappa shape index (κ2) is 8.97. The summed E-state index contributed by atoms with van der Waals surface area (Å²) < 4.78 is 10.4. The van der Waals surface area contributed by atoms with Crippen LogP contribution in [0, 0.1) is 5.92 Å². The summed E-state index contributed by atoms with van der Waals surface area (Å²) in [5.41, 5.74) is 1.74.